The second-order valence-corrected chi connectivity index (χ2v) is 4.51. The van der Waals surface area contributed by atoms with Gasteiger partial charge in [-0.3, -0.25) is 14.4 Å². The number of halogens is 1. The molecule has 0 unspecified atom stereocenters. The Bertz CT molecular complexity index is 360. The van der Waals surface area contributed by atoms with Crippen LogP contribution in [0.5, 0.6) is 0 Å². The molecule has 2 fully saturated rings. The number of rotatable bonds is 1. The highest BCUT2D eigenvalue weighted by atomic mass is 19.1. The number of ketones is 1. The largest absolute Gasteiger partial charge is 0.352 e. The number of hydrogen-bond acceptors (Lipinski definition) is 3. The average molecular weight is 242 g/mol. The number of nitrogens with zero attached hydrogens (tertiary/aromatic N) is 1. The molecule has 0 aromatic carbocycles. The highest BCUT2D eigenvalue weighted by Gasteiger charge is 2.49. The Labute approximate surface area is 98.3 Å². The highest BCUT2D eigenvalue weighted by molar-refractivity contribution is 5.95. The van der Waals surface area contributed by atoms with E-state index in [-0.39, 0.29) is 24.5 Å². The van der Waals surface area contributed by atoms with Gasteiger partial charge in [0.05, 0.1) is 0 Å². The summed E-state index contributed by atoms with van der Waals surface area (Å²) in [6.45, 7) is -0.425. The first-order valence-corrected chi connectivity index (χ1v) is 5.76. The van der Waals surface area contributed by atoms with Crippen LogP contribution < -0.4 is 5.32 Å². The number of carbonyl (C=O) groups is 3. The molecule has 2 rings (SSSR count). The normalized spacial score (nSPS) is 23.7. The summed E-state index contributed by atoms with van der Waals surface area (Å²) < 4.78 is 12.5. The summed E-state index contributed by atoms with van der Waals surface area (Å²) in [4.78, 5) is 36.1. The van der Waals surface area contributed by atoms with Crippen LogP contribution in [-0.2, 0) is 14.4 Å². The predicted octanol–water partition coefficient (Wildman–Crippen LogP) is -0.204. The van der Waals surface area contributed by atoms with Crippen molar-refractivity contribution >= 4 is 17.6 Å². The topological polar surface area (TPSA) is 66.5 Å². The zero-order chi connectivity index (χ0) is 12.5. The van der Waals surface area contributed by atoms with E-state index in [9.17, 15) is 18.8 Å². The maximum absolute atomic E-state index is 12.5. The molecule has 0 aromatic rings. The van der Waals surface area contributed by atoms with Crippen molar-refractivity contribution in [2.75, 3.05) is 19.8 Å². The van der Waals surface area contributed by atoms with Gasteiger partial charge in [-0.25, -0.2) is 4.39 Å². The van der Waals surface area contributed by atoms with E-state index < -0.39 is 18.1 Å². The summed E-state index contributed by atoms with van der Waals surface area (Å²) in [5.74, 6) is -0.811. The molecule has 1 aliphatic heterocycles. The molecule has 0 radical (unpaired) electrons. The molecule has 2 aliphatic rings. The lowest BCUT2D eigenvalue weighted by molar-refractivity contribution is -0.155. The van der Waals surface area contributed by atoms with E-state index >= 15 is 0 Å². The fourth-order valence-corrected chi connectivity index (χ4v) is 2.66. The van der Waals surface area contributed by atoms with Gasteiger partial charge in [-0.1, -0.05) is 0 Å². The maximum atomic E-state index is 12.5. The zero-order valence-corrected chi connectivity index (χ0v) is 9.50. The highest BCUT2D eigenvalue weighted by Crippen LogP contribution is 2.34. The Morgan fingerprint density at radius 1 is 1.35 bits per heavy atom. The van der Waals surface area contributed by atoms with Gasteiger partial charge >= 0.3 is 0 Å². The molecule has 0 aromatic heterocycles. The average Bonchev–Trinajstić information content (AvgIpc) is 2.35. The van der Waals surface area contributed by atoms with Crippen LogP contribution in [0.1, 0.15) is 25.7 Å². The van der Waals surface area contributed by atoms with Crippen molar-refractivity contribution in [3.63, 3.8) is 0 Å². The van der Waals surface area contributed by atoms with Crippen molar-refractivity contribution in [1.82, 2.24) is 10.2 Å². The second kappa shape index (κ2) is 4.43. The first kappa shape index (κ1) is 12.0. The van der Waals surface area contributed by atoms with Crippen LogP contribution in [0.25, 0.3) is 0 Å². The SMILES string of the molecule is O=C1CCC2(CC1)C(=O)NCCN2C(=O)CF. The molecule has 2 amide bonds. The van der Waals surface area contributed by atoms with Gasteiger partial charge in [0.2, 0.25) is 5.91 Å². The molecule has 1 aliphatic carbocycles. The third kappa shape index (κ3) is 1.92. The fourth-order valence-electron chi connectivity index (χ4n) is 2.66. The number of piperazine rings is 1. The second-order valence-electron chi connectivity index (χ2n) is 4.51. The molecular formula is C11H15FN2O3. The van der Waals surface area contributed by atoms with E-state index in [1.54, 1.807) is 0 Å². The summed E-state index contributed by atoms with van der Waals surface area (Å²) in [5, 5.41) is 2.70. The Kier molecular flexibility index (Phi) is 3.13. The standard InChI is InChI=1S/C11H15FN2O3/c12-7-9(16)14-6-5-13-10(17)11(14)3-1-8(15)2-4-11/h1-7H2,(H,13,17). The molecule has 1 N–H and O–H groups in total. The minimum absolute atomic E-state index is 0.0987. The smallest absolute Gasteiger partial charge is 0.254 e. The van der Waals surface area contributed by atoms with Crippen molar-refractivity contribution < 1.29 is 18.8 Å². The molecule has 1 spiro atoms. The zero-order valence-electron chi connectivity index (χ0n) is 9.50. The number of amides is 2. The van der Waals surface area contributed by atoms with Gasteiger partial charge in [0.15, 0.2) is 6.67 Å². The van der Waals surface area contributed by atoms with Crippen LogP contribution in [0.2, 0.25) is 0 Å². The van der Waals surface area contributed by atoms with E-state index in [2.05, 4.69) is 5.32 Å². The van der Waals surface area contributed by atoms with Gasteiger partial charge in [-0.05, 0) is 12.8 Å². The molecule has 94 valence electrons. The summed E-state index contributed by atoms with van der Waals surface area (Å²) in [5.41, 5.74) is -0.991. The minimum atomic E-state index is -1.09. The van der Waals surface area contributed by atoms with Crippen LogP contribution in [-0.4, -0.2) is 47.8 Å². The molecular weight excluding hydrogens is 227 g/mol. The van der Waals surface area contributed by atoms with Crippen molar-refractivity contribution in [2.24, 2.45) is 0 Å². The van der Waals surface area contributed by atoms with Gasteiger partial charge < -0.3 is 10.2 Å². The molecule has 1 saturated carbocycles. The molecule has 0 bridgehead atoms. The lowest BCUT2D eigenvalue weighted by atomic mass is 9.77. The summed E-state index contributed by atoms with van der Waals surface area (Å²) in [6.07, 6.45) is 1.18. The number of Topliss-reactive ketones (excluding diaryl/α,β-unsaturated/α-hetero) is 1. The van der Waals surface area contributed by atoms with Gasteiger partial charge in [0, 0.05) is 25.9 Å². The third-order valence-electron chi connectivity index (χ3n) is 3.61. The lowest BCUT2D eigenvalue weighted by Crippen LogP contribution is -2.67. The predicted molar refractivity (Wildman–Crippen MR) is 56.9 cm³/mol. The molecule has 5 nitrogen and oxygen atoms in total. The Balaban J connectivity index is 2.27. The van der Waals surface area contributed by atoms with Gasteiger partial charge in [0.1, 0.15) is 11.3 Å². The first-order valence-electron chi connectivity index (χ1n) is 5.76. The summed E-state index contributed by atoms with van der Waals surface area (Å²) >= 11 is 0. The van der Waals surface area contributed by atoms with Gasteiger partial charge in [0.25, 0.3) is 5.91 Å². The number of hydrogen-bond donors (Lipinski definition) is 1. The monoisotopic (exact) mass is 242 g/mol. The maximum Gasteiger partial charge on any atom is 0.254 e. The Morgan fingerprint density at radius 2 is 2.00 bits per heavy atom. The van der Waals surface area contributed by atoms with Crippen molar-refractivity contribution in [3.05, 3.63) is 0 Å². The summed E-state index contributed by atoms with van der Waals surface area (Å²) in [7, 11) is 0. The first-order chi connectivity index (χ1) is 8.10. The van der Waals surface area contributed by atoms with Gasteiger partial charge in [-0.15, -0.1) is 0 Å². The lowest BCUT2D eigenvalue weighted by Gasteiger charge is -2.47. The van der Waals surface area contributed by atoms with E-state index in [1.807, 2.05) is 0 Å². The number of carbonyl (C=O) groups excluding carboxylic acids is 3. The van der Waals surface area contributed by atoms with E-state index in [4.69, 9.17) is 0 Å². The number of nitrogens with one attached hydrogen (secondary N) is 1. The Morgan fingerprint density at radius 3 is 2.59 bits per heavy atom. The number of alkyl halides is 1. The van der Waals surface area contributed by atoms with E-state index in [0.717, 1.165) is 0 Å². The third-order valence-corrected chi connectivity index (χ3v) is 3.61. The Hall–Kier alpha value is -1.46. The van der Waals surface area contributed by atoms with Crippen LogP contribution in [0.15, 0.2) is 0 Å². The van der Waals surface area contributed by atoms with E-state index in [0.29, 0.717) is 25.9 Å². The van der Waals surface area contributed by atoms with Crippen molar-refractivity contribution in [3.8, 4) is 0 Å². The van der Waals surface area contributed by atoms with Crippen LogP contribution in [0, 0.1) is 0 Å². The molecule has 6 heteroatoms. The van der Waals surface area contributed by atoms with Crippen LogP contribution in [0.4, 0.5) is 4.39 Å². The molecule has 1 heterocycles. The molecule has 17 heavy (non-hydrogen) atoms. The van der Waals surface area contributed by atoms with E-state index in [1.165, 1.54) is 4.90 Å². The summed E-state index contributed by atoms with van der Waals surface area (Å²) in [6, 6.07) is 0. The quantitative estimate of drug-likeness (QED) is 0.692. The van der Waals surface area contributed by atoms with Crippen molar-refractivity contribution in [1.29, 1.82) is 0 Å². The fraction of sp³-hybridized carbons (Fsp3) is 0.727. The molecule has 1 saturated heterocycles. The minimum Gasteiger partial charge on any atom is -0.352 e. The van der Waals surface area contributed by atoms with Crippen molar-refractivity contribution in [2.45, 2.75) is 31.2 Å². The molecule has 0 atom stereocenters. The van der Waals surface area contributed by atoms with Crippen LogP contribution >= 0.6 is 0 Å². The van der Waals surface area contributed by atoms with Gasteiger partial charge in [-0.2, -0.15) is 0 Å². The van der Waals surface area contributed by atoms with Crippen LogP contribution in [0.3, 0.4) is 0 Å².